The molecule has 2 N–H and O–H groups in total. The van der Waals surface area contributed by atoms with Crippen molar-refractivity contribution in [2.45, 2.75) is 116 Å². The van der Waals surface area contributed by atoms with Crippen LogP contribution in [0.1, 0.15) is 147 Å². The molecule has 0 saturated heterocycles. The summed E-state index contributed by atoms with van der Waals surface area (Å²) in [6, 6.07) is 13.3. The fourth-order valence-electron chi connectivity index (χ4n) is 6.35. The maximum absolute atomic E-state index is 13.4. The number of ether oxygens (including phenoxy) is 1. The van der Waals surface area contributed by atoms with Crippen LogP contribution in [0.5, 0.6) is 5.75 Å². The SMILES string of the molecule is CCCCCCCCCCCCCCCCCCOC(=O)Cc1cc(Br)c(Nc2ccc(O)c3c2C(=O)c2ccccc2C3=O)c(Br)c1. The summed E-state index contributed by atoms with van der Waals surface area (Å²) < 4.78 is 6.84. The Morgan fingerprint density at radius 3 is 1.69 bits per heavy atom. The second-order valence-electron chi connectivity index (χ2n) is 12.8. The van der Waals surface area contributed by atoms with Crippen LogP contribution in [0.2, 0.25) is 0 Å². The Morgan fingerprint density at radius 1 is 0.688 bits per heavy atom. The third-order valence-corrected chi connectivity index (χ3v) is 10.3. The van der Waals surface area contributed by atoms with E-state index in [1.807, 2.05) is 12.1 Å². The van der Waals surface area contributed by atoms with Crippen molar-refractivity contribution in [3.8, 4) is 5.75 Å². The van der Waals surface area contributed by atoms with E-state index in [-0.39, 0.29) is 40.6 Å². The van der Waals surface area contributed by atoms with Crippen LogP contribution < -0.4 is 5.32 Å². The summed E-state index contributed by atoms with van der Waals surface area (Å²) in [6.45, 7) is 2.70. The maximum Gasteiger partial charge on any atom is 0.310 e. The second-order valence-corrected chi connectivity index (χ2v) is 14.6. The van der Waals surface area contributed by atoms with E-state index in [9.17, 15) is 19.5 Å². The van der Waals surface area contributed by atoms with Crippen molar-refractivity contribution < 1.29 is 24.2 Å². The summed E-state index contributed by atoms with van der Waals surface area (Å²) >= 11 is 7.18. The first-order chi connectivity index (χ1) is 23.3. The largest absolute Gasteiger partial charge is 0.507 e. The van der Waals surface area contributed by atoms with Gasteiger partial charge in [0.2, 0.25) is 0 Å². The minimum atomic E-state index is -0.395. The summed E-state index contributed by atoms with van der Waals surface area (Å²) in [5.74, 6) is -1.25. The zero-order valence-corrected chi connectivity index (χ0v) is 31.4. The molecule has 0 saturated carbocycles. The number of unbranched alkanes of at least 4 members (excludes halogenated alkanes) is 15. The number of ketones is 2. The van der Waals surface area contributed by atoms with E-state index in [1.54, 1.807) is 30.3 Å². The first kappa shape index (κ1) is 37.8. The Balaban J connectivity index is 1.15. The summed E-state index contributed by atoms with van der Waals surface area (Å²) in [5.41, 5.74) is 2.46. The van der Waals surface area contributed by atoms with Crippen molar-refractivity contribution in [3.63, 3.8) is 0 Å². The van der Waals surface area contributed by atoms with Crippen molar-refractivity contribution >= 4 is 60.8 Å². The highest BCUT2D eigenvalue weighted by atomic mass is 79.9. The van der Waals surface area contributed by atoms with Crippen LogP contribution in [0.25, 0.3) is 0 Å². The van der Waals surface area contributed by atoms with Crippen molar-refractivity contribution in [3.05, 3.63) is 85.3 Å². The number of aromatic hydroxyl groups is 1. The molecule has 0 amide bonds. The van der Waals surface area contributed by atoms with Gasteiger partial charge in [0, 0.05) is 20.1 Å². The molecule has 0 spiro atoms. The summed E-state index contributed by atoms with van der Waals surface area (Å²) in [4.78, 5) is 39.2. The van der Waals surface area contributed by atoms with Crippen molar-refractivity contribution in [1.82, 2.24) is 0 Å². The highest BCUT2D eigenvalue weighted by Gasteiger charge is 2.34. The molecule has 0 heterocycles. The van der Waals surface area contributed by atoms with Gasteiger partial charge in [0.25, 0.3) is 0 Å². The molecule has 3 aromatic carbocycles. The molecule has 0 bridgehead atoms. The Bertz CT molecular complexity index is 1530. The van der Waals surface area contributed by atoms with Gasteiger partial charge in [0.15, 0.2) is 11.6 Å². The fraction of sp³-hybridized carbons (Fsp3) is 0.475. The molecule has 1 aliphatic carbocycles. The van der Waals surface area contributed by atoms with Gasteiger partial charge in [-0.25, -0.2) is 0 Å². The minimum absolute atomic E-state index is 0.0142. The highest BCUT2D eigenvalue weighted by Crippen LogP contribution is 2.41. The molecule has 6 nitrogen and oxygen atoms in total. The monoisotopic (exact) mass is 781 g/mol. The number of esters is 1. The van der Waals surface area contributed by atoms with Gasteiger partial charge < -0.3 is 15.2 Å². The number of benzene rings is 3. The maximum atomic E-state index is 13.4. The van der Waals surface area contributed by atoms with E-state index in [2.05, 4.69) is 44.1 Å². The smallest absolute Gasteiger partial charge is 0.310 e. The lowest BCUT2D eigenvalue weighted by atomic mass is 9.82. The predicted molar refractivity (Wildman–Crippen MR) is 201 cm³/mol. The van der Waals surface area contributed by atoms with E-state index in [0.29, 0.717) is 32.5 Å². The lowest BCUT2D eigenvalue weighted by Crippen LogP contribution is -2.22. The molecule has 8 heteroatoms. The number of halogens is 2. The van der Waals surface area contributed by atoms with Crippen LogP contribution in [0, 0.1) is 0 Å². The van der Waals surface area contributed by atoms with E-state index in [4.69, 9.17) is 4.74 Å². The molecule has 4 rings (SSSR count). The number of hydrogen-bond acceptors (Lipinski definition) is 6. The first-order valence-corrected chi connectivity index (χ1v) is 19.3. The molecule has 3 aromatic rings. The number of carbonyl (C=O) groups is 3. The molecule has 48 heavy (non-hydrogen) atoms. The van der Waals surface area contributed by atoms with E-state index < -0.39 is 5.78 Å². The topological polar surface area (TPSA) is 92.7 Å². The zero-order valence-electron chi connectivity index (χ0n) is 28.2. The molecule has 0 radical (unpaired) electrons. The highest BCUT2D eigenvalue weighted by molar-refractivity contribution is 9.11. The van der Waals surface area contributed by atoms with E-state index in [1.165, 1.54) is 96.0 Å². The Morgan fingerprint density at radius 2 is 1.17 bits per heavy atom. The van der Waals surface area contributed by atoms with Gasteiger partial charge in [-0.3, -0.25) is 14.4 Å². The average molecular weight is 784 g/mol. The first-order valence-electron chi connectivity index (χ1n) is 17.8. The van der Waals surface area contributed by atoms with Crippen LogP contribution >= 0.6 is 31.9 Å². The number of phenols is 1. The van der Waals surface area contributed by atoms with Gasteiger partial charge in [-0.05, 0) is 68.1 Å². The van der Waals surface area contributed by atoms with Crippen LogP contribution in [0.15, 0.2) is 57.5 Å². The standard InChI is InChI=1S/C40H49Br2NO5/c1-2-3-4-5-6-7-8-9-10-11-12-13-14-15-16-19-24-48-35(45)27-28-25-31(41)38(32(42)26-28)43-33-22-23-34(44)37-36(33)39(46)29-20-17-18-21-30(29)40(37)47/h17-18,20-23,25-26,43-44H,2-16,19,24,27H2,1H3. The molecular weight excluding hydrogens is 734 g/mol. The number of phenolic OH excluding ortho intramolecular Hbond substituents is 1. The molecule has 0 aliphatic heterocycles. The van der Waals surface area contributed by atoms with Crippen LogP contribution in [0.3, 0.4) is 0 Å². The van der Waals surface area contributed by atoms with Gasteiger partial charge >= 0.3 is 5.97 Å². The second kappa shape index (κ2) is 19.9. The van der Waals surface area contributed by atoms with E-state index >= 15 is 0 Å². The number of carbonyl (C=O) groups excluding carboxylic acids is 3. The Labute approximate surface area is 302 Å². The van der Waals surface area contributed by atoms with Crippen LogP contribution in [0.4, 0.5) is 11.4 Å². The molecule has 0 fully saturated rings. The van der Waals surface area contributed by atoms with E-state index in [0.717, 1.165) is 18.4 Å². The number of nitrogens with one attached hydrogen (secondary N) is 1. The normalized spacial score (nSPS) is 12.1. The number of hydrogen-bond donors (Lipinski definition) is 2. The van der Waals surface area contributed by atoms with Crippen molar-refractivity contribution in [1.29, 1.82) is 0 Å². The summed E-state index contributed by atoms with van der Waals surface area (Å²) in [5, 5.41) is 13.8. The number of rotatable bonds is 21. The van der Waals surface area contributed by atoms with Crippen molar-refractivity contribution in [2.75, 3.05) is 11.9 Å². The van der Waals surface area contributed by atoms with Crippen LogP contribution in [-0.2, 0) is 16.0 Å². The van der Waals surface area contributed by atoms with Gasteiger partial charge in [0.1, 0.15) is 5.75 Å². The van der Waals surface area contributed by atoms with Crippen LogP contribution in [-0.4, -0.2) is 29.2 Å². The lowest BCUT2D eigenvalue weighted by molar-refractivity contribution is -0.142. The summed E-state index contributed by atoms with van der Waals surface area (Å²) in [7, 11) is 0. The lowest BCUT2D eigenvalue weighted by Gasteiger charge is -2.22. The predicted octanol–water partition coefficient (Wildman–Crippen LogP) is 11.8. The van der Waals surface area contributed by atoms with Gasteiger partial charge in [-0.2, -0.15) is 0 Å². The Kier molecular flexibility index (Phi) is 15.7. The molecule has 0 unspecified atom stereocenters. The quantitative estimate of drug-likeness (QED) is 0.0497. The van der Waals surface area contributed by atoms with Crippen molar-refractivity contribution in [2.24, 2.45) is 0 Å². The third-order valence-electron chi connectivity index (χ3n) is 9.02. The number of anilines is 2. The Hall–Kier alpha value is -2.97. The third kappa shape index (κ3) is 10.8. The van der Waals surface area contributed by atoms with Gasteiger partial charge in [-0.15, -0.1) is 0 Å². The van der Waals surface area contributed by atoms with Gasteiger partial charge in [0.05, 0.1) is 35.5 Å². The average Bonchev–Trinajstić information content (AvgIpc) is 3.07. The molecule has 258 valence electrons. The summed E-state index contributed by atoms with van der Waals surface area (Å²) in [6.07, 6.45) is 21.0. The molecule has 0 atom stereocenters. The molecule has 0 aromatic heterocycles. The molecular formula is C40H49Br2NO5. The van der Waals surface area contributed by atoms with Gasteiger partial charge in [-0.1, -0.05) is 128 Å². The molecule has 1 aliphatic rings. The number of fused-ring (bicyclic) bond motifs is 2. The zero-order chi connectivity index (χ0) is 34.3. The minimum Gasteiger partial charge on any atom is -0.507 e. The fourth-order valence-corrected chi connectivity index (χ4v) is 7.83.